The number of aldehydes is 2. The molecule has 2 aromatic rings. The van der Waals surface area contributed by atoms with Gasteiger partial charge in [-0.1, -0.05) is 12.1 Å². The highest BCUT2D eigenvalue weighted by Gasteiger charge is 2.13. The van der Waals surface area contributed by atoms with Crippen molar-refractivity contribution < 1.29 is 28.5 Å². The quantitative estimate of drug-likeness (QED) is 0.769. The Balaban J connectivity index is 1.78. The van der Waals surface area contributed by atoms with Crippen molar-refractivity contribution in [1.82, 2.24) is 0 Å². The lowest BCUT2D eigenvalue weighted by Gasteiger charge is -2.16. The predicted molar refractivity (Wildman–Crippen MR) is 94.9 cm³/mol. The highest BCUT2D eigenvalue weighted by atomic mass is 16.5. The highest BCUT2D eigenvalue weighted by molar-refractivity contribution is 5.84. The summed E-state index contributed by atoms with van der Waals surface area (Å²) < 4.78 is 22.8. The van der Waals surface area contributed by atoms with Crippen LogP contribution in [-0.2, 0) is 0 Å². The number of carbonyl (C=O) groups excluding carboxylic acids is 2. The number of benzene rings is 2. The van der Waals surface area contributed by atoms with Crippen LogP contribution in [0.1, 0.15) is 33.6 Å². The summed E-state index contributed by atoms with van der Waals surface area (Å²) in [5, 5.41) is 0. The van der Waals surface area contributed by atoms with Gasteiger partial charge < -0.3 is 18.9 Å². The van der Waals surface area contributed by atoms with Crippen molar-refractivity contribution >= 4 is 12.6 Å². The van der Waals surface area contributed by atoms with E-state index in [1.54, 1.807) is 36.4 Å². The Bertz CT molecular complexity index is 657. The van der Waals surface area contributed by atoms with Crippen LogP contribution in [0.15, 0.2) is 36.4 Å². The van der Waals surface area contributed by atoms with Crippen LogP contribution in [0.25, 0.3) is 0 Å². The summed E-state index contributed by atoms with van der Waals surface area (Å²) in [6.45, 7) is 1.49. The Morgan fingerprint density at radius 3 is 1.15 bits per heavy atom. The maximum Gasteiger partial charge on any atom is 0.157 e. The molecule has 0 spiro atoms. The molecule has 4 bridgehead atoms. The molecule has 136 valence electrons. The first-order valence-electron chi connectivity index (χ1n) is 8.51. The standard InChI is InChI=1S/C20H20O6/c21-13-15-17-5-1-6-18(15)24-10-4-12-26-20-8-2-7-19(16(20)14-22)25-11-3-9-23-17/h1-2,5-8,13-14H,3-4,9-12H2. The monoisotopic (exact) mass is 356 g/mol. The van der Waals surface area contributed by atoms with Crippen molar-refractivity contribution in [1.29, 1.82) is 0 Å². The smallest absolute Gasteiger partial charge is 0.157 e. The van der Waals surface area contributed by atoms with E-state index in [0.717, 1.165) is 12.6 Å². The van der Waals surface area contributed by atoms with Crippen LogP contribution in [0.4, 0.5) is 0 Å². The minimum absolute atomic E-state index is 0.372. The third kappa shape index (κ3) is 4.14. The van der Waals surface area contributed by atoms with Gasteiger partial charge >= 0.3 is 0 Å². The van der Waals surface area contributed by atoms with Gasteiger partial charge in [0, 0.05) is 12.8 Å². The molecule has 0 saturated carbocycles. The minimum atomic E-state index is 0.372. The van der Waals surface area contributed by atoms with Crippen molar-refractivity contribution in [3.05, 3.63) is 47.5 Å². The molecule has 6 heteroatoms. The van der Waals surface area contributed by atoms with Gasteiger partial charge in [-0.2, -0.15) is 0 Å². The summed E-state index contributed by atoms with van der Waals surface area (Å²) >= 11 is 0. The Hall–Kier alpha value is -3.02. The van der Waals surface area contributed by atoms with Crippen LogP contribution >= 0.6 is 0 Å². The fourth-order valence-corrected chi connectivity index (χ4v) is 2.63. The average Bonchev–Trinajstić information content (AvgIpc) is 2.67. The average molecular weight is 356 g/mol. The van der Waals surface area contributed by atoms with Crippen molar-refractivity contribution in [2.45, 2.75) is 12.8 Å². The van der Waals surface area contributed by atoms with E-state index in [1.165, 1.54) is 0 Å². The van der Waals surface area contributed by atoms with E-state index in [1.807, 2.05) is 0 Å². The fourth-order valence-electron chi connectivity index (χ4n) is 2.63. The summed E-state index contributed by atoms with van der Waals surface area (Å²) in [6, 6.07) is 10.5. The van der Waals surface area contributed by atoms with Crippen LogP contribution in [0.3, 0.4) is 0 Å². The van der Waals surface area contributed by atoms with Crippen molar-refractivity contribution in [2.75, 3.05) is 26.4 Å². The number of hydrogen-bond acceptors (Lipinski definition) is 6. The summed E-state index contributed by atoms with van der Waals surface area (Å²) in [5.41, 5.74) is 0.796. The Morgan fingerprint density at radius 1 is 0.577 bits per heavy atom. The molecule has 0 N–H and O–H groups in total. The van der Waals surface area contributed by atoms with Gasteiger partial charge in [0.1, 0.15) is 23.0 Å². The lowest BCUT2D eigenvalue weighted by atomic mass is 10.2. The van der Waals surface area contributed by atoms with E-state index in [0.29, 0.717) is 73.4 Å². The van der Waals surface area contributed by atoms with E-state index < -0.39 is 0 Å². The summed E-state index contributed by atoms with van der Waals surface area (Å²) in [7, 11) is 0. The molecule has 1 heterocycles. The number of ether oxygens (including phenoxy) is 4. The highest BCUT2D eigenvalue weighted by Crippen LogP contribution is 2.29. The minimum Gasteiger partial charge on any atom is -0.493 e. The molecule has 2 aromatic carbocycles. The van der Waals surface area contributed by atoms with Gasteiger partial charge in [-0.15, -0.1) is 0 Å². The third-order valence-electron chi connectivity index (χ3n) is 3.90. The molecule has 3 rings (SSSR count). The molecule has 0 aromatic heterocycles. The third-order valence-corrected chi connectivity index (χ3v) is 3.90. The van der Waals surface area contributed by atoms with Gasteiger partial charge in [0.2, 0.25) is 0 Å². The SMILES string of the molecule is O=Cc1c2cccc1OCCCOc1cccc(c1C=O)OCCCO2. The second-order valence-corrected chi connectivity index (χ2v) is 5.67. The molecule has 1 aliphatic heterocycles. The Labute approximate surface area is 151 Å². The zero-order valence-electron chi connectivity index (χ0n) is 14.3. The van der Waals surface area contributed by atoms with Crippen LogP contribution in [0.2, 0.25) is 0 Å². The number of hydrogen-bond donors (Lipinski definition) is 0. The van der Waals surface area contributed by atoms with E-state index in [4.69, 9.17) is 18.9 Å². The topological polar surface area (TPSA) is 71.1 Å². The van der Waals surface area contributed by atoms with Crippen LogP contribution in [0, 0.1) is 0 Å². The number of fused-ring (bicyclic) bond motifs is 4. The van der Waals surface area contributed by atoms with Gasteiger partial charge in [-0.3, -0.25) is 9.59 Å². The first-order chi connectivity index (χ1) is 12.8. The molecular formula is C20H20O6. The van der Waals surface area contributed by atoms with E-state index >= 15 is 0 Å². The van der Waals surface area contributed by atoms with E-state index in [-0.39, 0.29) is 0 Å². The first-order valence-corrected chi connectivity index (χ1v) is 8.51. The largest absolute Gasteiger partial charge is 0.493 e. The van der Waals surface area contributed by atoms with Crippen LogP contribution < -0.4 is 18.9 Å². The van der Waals surface area contributed by atoms with E-state index in [2.05, 4.69) is 0 Å². The zero-order chi connectivity index (χ0) is 18.2. The zero-order valence-corrected chi connectivity index (χ0v) is 14.3. The molecule has 26 heavy (non-hydrogen) atoms. The summed E-state index contributed by atoms with van der Waals surface area (Å²) in [5.74, 6) is 1.93. The molecule has 0 saturated heterocycles. The second-order valence-electron chi connectivity index (χ2n) is 5.67. The Morgan fingerprint density at radius 2 is 0.885 bits per heavy atom. The molecule has 0 radical (unpaired) electrons. The molecule has 0 fully saturated rings. The van der Waals surface area contributed by atoms with Gasteiger partial charge in [0.15, 0.2) is 12.6 Å². The lowest BCUT2D eigenvalue weighted by molar-refractivity contribution is 0.111. The normalized spacial score (nSPS) is 14.8. The summed E-state index contributed by atoms with van der Waals surface area (Å²) in [4.78, 5) is 22.8. The summed E-state index contributed by atoms with van der Waals surface area (Å²) in [6.07, 6.45) is 2.66. The number of carbonyl (C=O) groups is 2. The second kappa shape index (κ2) is 8.89. The molecule has 6 nitrogen and oxygen atoms in total. The molecular weight excluding hydrogens is 336 g/mol. The van der Waals surface area contributed by atoms with Crippen molar-refractivity contribution in [3.63, 3.8) is 0 Å². The van der Waals surface area contributed by atoms with Gasteiger partial charge in [0.25, 0.3) is 0 Å². The maximum atomic E-state index is 11.4. The maximum absolute atomic E-state index is 11.4. The van der Waals surface area contributed by atoms with Crippen molar-refractivity contribution in [2.24, 2.45) is 0 Å². The van der Waals surface area contributed by atoms with Crippen molar-refractivity contribution in [3.8, 4) is 23.0 Å². The van der Waals surface area contributed by atoms with Gasteiger partial charge in [-0.25, -0.2) is 0 Å². The fraction of sp³-hybridized carbons (Fsp3) is 0.300. The first kappa shape index (κ1) is 17.8. The number of rotatable bonds is 2. The van der Waals surface area contributed by atoms with Gasteiger partial charge in [-0.05, 0) is 24.3 Å². The van der Waals surface area contributed by atoms with Gasteiger partial charge in [0.05, 0.1) is 37.6 Å². The molecule has 0 aliphatic carbocycles. The molecule has 0 amide bonds. The van der Waals surface area contributed by atoms with Crippen LogP contribution in [-0.4, -0.2) is 39.0 Å². The molecule has 0 unspecified atom stereocenters. The van der Waals surface area contributed by atoms with Crippen LogP contribution in [0.5, 0.6) is 23.0 Å². The molecule has 0 atom stereocenters. The van der Waals surface area contributed by atoms with E-state index in [9.17, 15) is 9.59 Å². The Kier molecular flexibility index (Phi) is 6.09. The molecule has 1 aliphatic rings. The lowest BCUT2D eigenvalue weighted by Crippen LogP contribution is -2.10. The predicted octanol–water partition coefficient (Wildman–Crippen LogP) is 3.32.